The maximum absolute atomic E-state index is 12.0. The Morgan fingerprint density at radius 1 is 1.19 bits per heavy atom. The van der Waals surface area contributed by atoms with Crippen LogP contribution in [0.2, 0.25) is 5.02 Å². The summed E-state index contributed by atoms with van der Waals surface area (Å²) in [6.07, 6.45) is 1.73. The number of thiophene rings is 1. The smallest absolute Gasteiger partial charge is 0.306 e. The molecule has 2 amide bonds. The second-order valence-electron chi connectivity index (χ2n) is 5.87. The third kappa shape index (κ3) is 7.40. The summed E-state index contributed by atoms with van der Waals surface area (Å²) in [5, 5.41) is 5.03. The zero-order valence-electron chi connectivity index (χ0n) is 14.9. The second-order valence-corrected chi connectivity index (χ2v) is 7.31. The molecule has 27 heavy (non-hydrogen) atoms. The number of likely N-dealkylation sites (N-methyl/N-ethyl adjacent to an activating group) is 1. The number of hydrogen-bond donors (Lipinski definition) is 1. The van der Waals surface area contributed by atoms with Crippen LogP contribution in [0.25, 0.3) is 0 Å². The highest BCUT2D eigenvalue weighted by molar-refractivity contribution is 7.09. The normalized spacial score (nSPS) is 10.3. The molecule has 0 saturated heterocycles. The van der Waals surface area contributed by atoms with Gasteiger partial charge in [0.15, 0.2) is 6.61 Å². The lowest BCUT2D eigenvalue weighted by molar-refractivity contribution is -0.151. The first-order valence-corrected chi connectivity index (χ1v) is 9.68. The molecule has 2 rings (SSSR count). The van der Waals surface area contributed by atoms with E-state index in [1.807, 2.05) is 17.5 Å². The van der Waals surface area contributed by atoms with Crippen molar-refractivity contribution in [3.63, 3.8) is 0 Å². The number of carbonyl (C=O) groups excluding carboxylic acids is 3. The average Bonchev–Trinajstić information content (AvgIpc) is 3.15. The summed E-state index contributed by atoms with van der Waals surface area (Å²) >= 11 is 7.62. The van der Waals surface area contributed by atoms with E-state index < -0.39 is 11.9 Å². The highest BCUT2D eigenvalue weighted by Gasteiger charge is 2.15. The van der Waals surface area contributed by atoms with Crippen molar-refractivity contribution in [2.24, 2.45) is 0 Å². The van der Waals surface area contributed by atoms with Crippen LogP contribution >= 0.6 is 22.9 Å². The summed E-state index contributed by atoms with van der Waals surface area (Å²) in [5.74, 6) is -1.26. The standard InChI is InChI=1S/C19H21ClN2O4S/c1-22(12-17(23)21-16-9-3-2-8-15(16)20)18(24)13-26-19(25)10-4-6-14-7-5-11-27-14/h2-3,5,7-9,11H,4,6,10,12-13H2,1H3,(H,21,23). The van der Waals surface area contributed by atoms with E-state index in [1.54, 1.807) is 35.6 Å². The molecule has 0 bridgehead atoms. The molecule has 1 aromatic carbocycles. The minimum atomic E-state index is -0.448. The van der Waals surface area contributed by atoms with E-state index in [2.05, 4.69) is 5.32 Å². The molecular formula is C19H21ClN2O4S. The van der Waals surface area contributed by atoms with E-state index in [-0.39, 0.29) is 25.5 Å². The monoisotopic (exact) mass is 408 g/mol. The number of nitrogens with zero attached hydrogens (tertiary/aromatic N) is 1. The van der Waals surface area contributed by atoms with Crippen molar-refractivity contribution in [3.05, 3.63) is 51.7 Å². The van der Waals surface area contributed by atoms with Gasteiger partial charge in [-0.1, -0.05) is 29.8 Å². The Morgan fingerprint density at radius 3 is 2.67 bits per heavy atom. The first-order chi connectivity index (χ1) is 13.0. The molecule has 0 aliphatic carbocycles. The zero-order chi connectivity index (χ0) is 19.6. The molecule has 0 saturated carbocycles. The number of nitrogens with one attached hydrogen (secondary N) is 1. The van der Waals surface area contributed by atoms with Crippen molar-refractivity contribution in [3.8, 4) is 0 Å². The van der Waals surface area contributed by atoms with Crippen LogP contribution in [0.4, 0.5) is 5.69 Å². The van der Waals surface area contributed by atoms with Gasteiger partial charge in [-0.25, -0.2) is 0 Å². The van der Waals surface area contributed by atoms with Crippen molar-refractivity contribution in [1.29, 1.82) is 0 Å². The Bertz CT molecular complexity index is 780. The minimum absolute atomic E-state index is 0.167. The van der Waals surface area contributed by atoms with Crippen LogP contribution in [0.5, 0.6) is 0 Å². The highest BCUT2D eigenvalue weighted by Crippen LogP contribution is 2.20. The number of rotatable bonds is 9. The molecule has 1 heterocycles. The Hall–Kier alpha value is -2.38. The lowest BCUT2D eigenvalue weighted by atomic mass is 10.2. The lowest BCUT2D eigenvalue weighted by Gasteiger charge is -2.17. The van der Waals surface area contributed by atoms with Crippen molar-refractivity contribution < 1.29 is 19.1 Å². The van der Waals surface area contributed by atoms with Crippen LogP contribution in [0, 0.1) is 0 Å². The Balaban J connectivity index is 1.66. The van der Waals surface area contributed by atoms with Gasteiger partial charge in [-0.15, -0.1) is 11.3 Å². The highest BCUT2D eigenvalue weighted by atomic mass is 35.5. The number of anilines is 1. The molecule has 1 aromatic heterocycles. The van der Waals surface area contributed by atoms with Crippen LogP contribution in [0.3, 0.4) is 0 Å². The van der Waals surface area contributed by atoms with E-state index in [0.29, 0.717) is 17.1 Å². The van der Waals surface area contributed by atoms with E-state index in [4.69, 9.17) is 16.3 Å². The summed E-state index contributed by atoms with van der Waals surface area (Å²) in [7, 11) is 1.47. The van der Waals surface area contributed by atoms with Gasteiger partial charge in [0.05, 0.1) is 17.3 Å². The fraction of sp³-hybridized carbons (Fsp3) is 0.316. The predicted molar refractivity (Wildman–Crippen MR) is 106 cm³/mol. The minimum Gasteiger partial charge on any atom is -0.456 e. The summed E-state index contributed by atoms with van der Waals surface area (Å²) in [4.78, 5) is 38.1. The van der Waals surface area contributed by atoms with E-state index in [1.165, 1.54) is 16.8 Å². The Labute approximate surface area is 167 Å². The van der Waals surface area contributed by atoms with Gasteiger partial charge >= 0.3 is 5.97 Å². The van der Waals surface area contributed by atoms with Gasteiger partial charge in [-0.05, 0) is 36.4 Å². The maximum atomic E-state index is 12.0. The first kappa shape index (κ1) is 20.9. The summed E-state index contributed by atoms with van der Waals surface area (Å²) in [5.41, 5.74) is 0.474. The quantitative estimate of drug-likeness (QED) is 0.645. The third-order valence-electron chi connectivity index (χ3n) is 3.70. The fourth-order valence-electron chi connectivity index (χ4n) is 2.24. The Morgan fingerprint density at radius 2 is 1.96 bits per heavy atom. The number of amides is 2. The fourth-order valence-corrected chi connectivity index (χ4v) is 3.18. The molecule has 144 valence electrons. The third-order valence-corrected chi connectivity index (χ3v) is 4.96. The molecule has 2 aromatic rings. The first-order valence-electron chi connectivity index (χ1n) is 8.42. The van der Waals surface area contributed by atoms with Gasteiger partial charge < -0.3 is 15.0 Å². The molecule has 0 aliphatic heterocycles. The van der Waals surface area contributed by atoms with Crippen molar-refractivity contribution in [1.82, 2.24) is 4.90 Å². The summed E-state index contributed by atoms with van der Waals surface area (Å²) < 4.78 is 4.98. The maximum Gasteiger partial charge on any atom is 0.306 e. The van der Waals surface area contributed by atoms with Crippen LogP contribution in [-0.2, 0) is 25.5 Å². The molecular weight excluding hydrogens is 388 g/mol. The van der Waals surface area contributed by atoms with Gasteiger partial charge in [-0.3, -0.25) is 14.4 Å². The molecule has 0 radical (unpaired) electrons. The summed E-state index contributed by atoms with van der Waals surface area (Å²) in [6, 6.07) is 10.8. The van der Waals surface area contributed by atoms with Gasteiger partial charge in [0, 0.05) is 18.3 Å². The predicted octanol–water partition coefficient (Wildman–Crippen LogP) is 3.36. The van der Waals surface area contributed by atoms with Crippen LogP contribution in [-0.4, -0.2) is 42.9 Å². The molecule has 0 aliphatic rings. The lowest BCUT2D eigenvalue weighted by Crippen LogP contribution is -2.37. The number of esters is 1. The molecule has 8 heteroatoms. The van der Waals surface area contributed by atoms with Gasteiger partial charge in [0.2, 0.25) is 5.91 Å². The van der Waals surface area contributed by atoms with E-state index in [9.17, 15) is 14.4 Å². The number of para-hydroxylation sites is 1. The molecule has 0 unspecified atom stereocenters. The number of halogens is 1. The van der Waals surface area contributed by atoms with Crippen molar-refractivity contribution in [2.45, 2.75) is 19.3 Å². The second kappa shape index (κ2) is 10.7. The van der Waals surface area contributed by atoms with Crippen molar-refractivity contribution in [2.75, 3.05) is 25.5 Å². The molecule has 0 atom stereocenters. The molecule has 6 nitrogen and oxygen atoms in total. The molecule has 1 N–H and O–H groups in total. The number of benzene rings is 1. The van der Waals surface area contributed by atoms with Gasteiger partial charge in [0.25, 0.3) is 5.91 Å². The van der Waals surface area contributed by atoms with Crippen LogP contribution in [0.1, 0.15) is 17.7 Å². The van der Waals surface area contributed by atoms with Crippen LogP contribution < -0.4 is 5.32 Å². The van der Waals surface area contributed by atoms with Crippen LogP contribution in [0.15, 0.2) is 41.8 Å². The Kier molecular flexibility index (Phi) is 8.29. The van der Waals surface area contributed by atoms with Crippen molar-refractivity contribution >= 4 is 46.4 Å². The topological polar surface area (TPSA) is 75.7 Å². The SMILES string of the molecule is CN(CC(=O)Nc1ccccc1Cl)C(=O)COC(=O)CCCc1cccs1. The number of carbonyl (C=O) groups is 3. The van der Waals surface area contributed by atoms with E-state index >= 15 is 0 Å². The number of hydrogen-bond acceptors (Lipinski definition) is 5. The van der Waals surface area contributed by atoms with Gasteiger partial charge in [0.1, 0.15) is 0 Å². The largest absolute Gasteiger partial charge is 0.456 e. The number of aryl methyl sites for hydroxylation is 1. The van der Waals surface area contributed by atoms with E-state index in [0.717, 1.165) is 6.42 Å². The number of ether oxygens (including phenoxy) is 1. The molecule has 0 spiro atoms. The zero-order valence-corrected chi connectivity index (χ0v) is 16.5. The molecule has 0 fully saturated rings. The summed E-state index contributed by atoms with van der Waals surface area (Å²) in [6.45, 7) is -0.548. The van der Waals surface area contributed by atoms with Gasteiger partial charge in [-0.2, -0.15) is 0 Å². The average molecular weight is 409 g/mol.